The highest BCUT2D eigenvalue weighted by atomic mass is 16.1. The van der Waals surface area contributed by atoms with Gasteiger partial charge in [0.05, 0.1) is 0 Å². The molecule has 0 unspecified atom stereocenters. The Morgan fingerprint density at radius 1 is 1.42 bits per heavy atom. The Kier molecular flexibility index (Phi) is 1.18. The predicted molar refractivity (Wildman–Crippen MR) is 42.0 cm³/mol. The lowest BCUT2D eigenvalue weighted by Gasteiger charge is -1.92. The number of fused-ring (bicyclic) bond motifs is 1. The van der Waals surface area contributed by atoms with Crippen molar-refractivity contribution in [1.82, 2.24) is 19.5 Å². The topological polar surface area (TPSA) is 83.5 Å². The summed E-state index contributed by atoms with van der Waals surface area (Å²) in [5.74, 6) is 0. The molecule has 2 N–H and O–H groups in total. The molecule has 2 heterocycles. The van der Waals surface area contributed by atoms with Crippen LogP contribution in [0.15, 0.2) is 15.8 Å². The van der Waals surface area contributed by atoms with Crippen LogP contribution < -0.4 is 11.4 Å². The van der Waals surface area contributed by atoms with E-state index in [1.807, 2.05) is 0 Å². The Hall–Kier alpha value is -1.85. The van der Waals surface area contributed by atoms with Crippen LogP contribution in [0.5, 0.6) is 0 Å². The second-order valence-corrected chi connectivity index (χ2v) is 2.48. The van der Waals surface area contributed by atoms with Crippen molar-refractivity contribution in [2.75, 3.05) is 0 Å². The van der Waals surface area contributed by atoms with E-state index in [9.17, 15) is 9.59 Å². The van der Waals surface area contributed by atoms with Crippen molar-refractivity contribution >= 4 is 11.2 Å². The molecule has 0 fully saturated rings. The largest absolute Gasteiger partial charge is 0.349 e. The molecule has 0 radical (unpaired) electrons. The first kappa shape index (κ1) is 6.84. The molecule has 0 amide bonds. The Morgan fingerprint density at radius 2 is 2.17 bits per heavy atom. The third kappa shape index (κ3) is 0.849. The minimum atomic E-state index is -0.391. The maximum absolute atomic E-state index is 11.0. The van der Waals surface area contributed by atoms with E-state index in [4.69, 9.17) is 0 Å². The third-order valence-electron chi connectivity index (χ3n) is 1.57. The van der Waals surface area contributed by atoms with Crippen LogP contribution in [0.3, 0.4) is 0 Å². The Morgan fingerprint density at radius 3 is 2.92 bits per heavy atom. The van der Waals surface area contributed by atoms with Gasteiger partial charge in [-0.25, -0.2) is 9.59 Å². The average molecular weight is 166 g/mol. The van der Waals surface area contributed by atoms with Gasteiger partial charge < -0.3 is 9.55 Å². The smallest absolute Gasteiger partial charge is 0.303 e. The van der Waals surface area contributed by atoms with Crippen molar-refractivity contribution in [2.24, 2.45) is 7.05 Å². The second-order valence-electron chi connectivity index (χ2n) is 2.48. The van der Waals surface area contributed by atoms with Crippen molar-refractivity contribution in [1.29, 1.82) is 0 Å². The Bertz CT molecular complexity index is 532. The second kappa shape index (κ2) is 2.07. The zero-order chi connectivity index (χ0) is 8.72. The first-order chi connectivity index (χ1) is 5.66. The average Bonchev–Trinajstić information content (AvgIpc) is 2.30. The fraction of sp³-hybridized carbons (Fsp3) is 0.167. The van der Waals surface area contributed by atoms with Gasteiger partial charge in [0.25, 0.3) is 0 Å². The molecule has 6 nitrogen and oxygen atoms in total. The summed E-state index contributed by atoms with van der Waals surface area (Å²) in [6.45, 7) is 0. The van der Waals surface area contributed by atoms with Crippen molar-refractivity contribution in [3.05, 3.63) is 27.2 Å². The first-order valence-electron chi connectivity index (χ1n) is 3.32. The van der Waals surface area contributed by atoms with Gasteiger partial charge in [-0.15, -0.1) is 0 Å². The molecule has 12 heavy (non-hydrogen) atoms. The van der Waals surface area contributed by atoms with Gasteiger partial charge in [0.2, 0.25) is 0 Å². The molecular formula is C6H6N4O2. The Balaban J connectivity index is 3.01. The molecule has 0 aliphatic heterocycles. The predicted octanol–water partition coefficient (Wildman–Crippen LogP) is -1.05. The lowest BCUT2D eigenvalue weighted by molar-refractivity contribution is 0.824. The van der Waals surface area contributed by atoms with E-state index in [0.29, 0.717) is 11.2 Å². The summed E-state index contributed by atoms with van der Waals surface area (Å²) in [5, 5.41) is 0. The minimum absolute atomic E-state index is 0.295. The lowest BCUT2D eigenvalue weighted by atomic mass is 10.5. The van der Waals surface area contributed by atoms with Gasteiger partial charge in [0, 0.05) is 13.2 Å². The molecule has 6 heteroatoms. The molecule has 0 bridgehead atoms. The van der Waals surface area contributed by atoms with E-state index in [2.05, 4.69) is 15.0 Å². The minimum Gasteiger partial charge on any atom is -0.303 e. The van der Waals surface area contributed by atoms with E-state index in [0.717, 1.165) is 0 Å². The van der Waals surface area contributed by atoms with Crippen molar-refractivity contribution in [3.63, 3.8) is 0 Å². The van der Waals surface area contributed by atoms with E-state index in [1.54, 1.807) is 7.05 Å². The molecule has 2 aromatic rings. The molecule has 0 aliphatic rings. The number of hydrogen-bond donors (Lipinski definition) is 2. The van der Waals surface area contributed by atoms with Crippen molar-refractivity contribution < 1.29 is 0 Å². The molecule has 62 valence electrons. The number of aromatic amines is 2. The standard InChI is InChI=1S/C6H6N4O2/c1-10-2-3-4(9-6(10)12)8-5(11)7-3/h2H,1H3,(H2,7,8,9,11,12). The third-order valence-corrected chi connectivity index (χ3v) is 1.57. The number of H-pyrrole nitrogens is 2. The highest BCUT2D eigenvalue weighted by molar-refractivity contribution is 5.67. The maximum atomic E-state index is 11.0. The molecule has 2 aromatic heterocycles. The monoisotopic (exact) mass is 166 g/mol. The quantitative estimate of drug-likeness (QED) is 0.523. The zero-order valence-electron chi connectivity index (χ0n) is 6.29. The van der Waals surface area contributed by atoms with Crippen LogP contribution in [0, 0.1) is 0 Å². The summed E-state index contributed by atoms with van der Waals surface area (Å²) in [7, 11) is 1.57. The number of aromatic nitrogens is 4. The van der Waals surface area contributed by atoms with Crippen LogP contribution in [0.4, 0.5) is 0 Å². The maximum Gasteiger partial charge on any atom is 0.349 e. The van der Waals surface area contributed by atoms with Gasteiger partial charge in [-0.1, -0.05) is 0 Å². The molecule has 2 rings (SSSR count). The number of nitrogens with one attached hydrogen (secondary N) is 2. The van der Waals surface area contributed by atoms with Crippen LogP contribution in [0.2, 0.25) is 0 Å². The van der Waals surface area contributed by atoms with Crippen molar-refractivity contribution in [2.45, 2.75) is 0 Å². The van der Waals surface area contributed by atoms with E-state index < -0.39 is 5.69 Å². The lowest BCUT2D eigenvalue weighted by Crippen LogP contribution is -2.18. The summed E-state index contributed by atoms with van der Waals surface area (Å²) < 4.78 is 1.30. The van der Waals surface area contributed by atoms with E-state index in [-0.39, 0.29) is 5.69 Å². The highest BCUT2D eigenvalue weighted by Crippen LogP contribution is 1.96. The molecule has 0 aromatic carbocycles. The summed E-state index contributed by atoms with van der Waals surface area (Å²) in [5.41, 5.74) is 0.0750. The van der Waals surface area contributed by atoms with Gasteiger partial charge >= 0.3 is 11.4 Å². The Labute approximate surface area is 65.9 Å². The van der Waals surface area contributed by atoms with Gasteiger partial charge in [0.15, 0.2) is 5.65 Å². The number of aryl methyl sites for hydroxylation is 1. The molecular weight excluding hydrogens is 160 g/mol. The number of hydrogen-bond acceptors (Lipinski definition) is 3. The van der Waals surface area contributed by atoms with Crippen LogP contribution in [0.25, 0.3) is 11.2 Å². The first-order valence-corrected chi connectivity index (χ1v) is 3.32. The van der Waals surface area contributed by atoms with Gasteiger partial charge in [-0.2, -0.15) is 4.98 Å². The van der Waals surface area contributed by atoms with Gasteiger partial charge in [0.1, 0.15) is 5.52 Å². The molecule has 0 aliphatic carbocycles. The normalized spacial score (nSPS) is 10.8. The molecule has 0 atom stereocenters. The molecule has 0 spiro atoms. The zero-order valence-corrected chi connectivity index (χ0v) is 6.29. The van der Waals surface area contributed by atoms with Gasteiger partial charge in [-0.05, 0) is 0 Å². The summed E-state index contributed by atoms with van der Waals surface area (Å²) >= 11 is 0. The van der Waals surface area contributed by atoms with Crippen LogP contribution in [-0.2, 0) is 7.05 Å². The van der Waals surface area contributed by atoms with Gasteiger partial charge in [-0.3, -0.25) is 4.98 Å². The van der Waals surface area contributed by atoms with E-state index in [1.165, 1.54) is 10.8 Å². The van der Waals surface area contributed by atoms with Crippen LogP contribution in [0.1, 0.15) is 0 Å². The highest BCUT2D eigenvalue weighted by Gasteiger charge is 2.00. The SMILES string of the molecule is Cn1cc2[nH]c(=O)[nH]c2nc1=O. The van der Waals surface area contributed by atoms with Crippen LogP contribution >= 0.6 is 0 Å². The fourth-order valence-corrected chi connectivity index (χ4v) is 0.993. The number of nitrogens with zero attached hydrogens (tertiary/aromatic N) is 2. The van der Waals surface area contributed by atoms with Crippen LogP contribution in [-0.4, -0.2) is 19.5 Å². The fourth-order valence-electron chi connectivity index (χ4n) is 0.993. The molecule has 0 saturated heterocycles. The number of rotatable bonds is 0. The van der Waals surface area contributed by atoms with E-state index >= 15 is 0 Å². The number of imidazole rings is 1. The summed E-state index contributed by atoms with van der Waals surface area (Å²) in [4.78, 5) is 30.2. The molecule has 0 saturated carbocycles. The van der Waals surface area contributed by atoms with Crippen molar-refractivity contribution in [3.8, 4) is 0 Å². The summed E-state index contributed by atoms with van der Waals surface area (Å²) in [6.07, 6.45) is 1.52. The summed E-state index contributed by atoms with van der Waals surface area (Å²) in [6, 6.07) is 0.